The highest BCUT2D eigenvalue weighted by Crippen LogP contribution is 2.24. The molecule has 3 aromatic carbocycles. The molecule has 0 saturated carbocycles. The third kappa shape index (κ3) is 6.56. The van der Waals surface area contributed by atoms with Crippen LogP contribution in [-0.2, 0) is 22.6 Å². The number of hydrogen-bond acceptors (Lipinski definition) is 3. The number of anilines is 1. The lowest BCUT2D eigenvalue weighted by molar-refractivity contribution is -0.115. The molecule has 0 aliphatic rings. The number of carbonyl (C=O) groups is 1. The quantitative estimate of drug-likeness (QED) is 0.528. The number of rotatable bonds is 10. The van der Waals surface area contributed by atoms with Gasteiger partial charge in [0.25, 0.3) is 0 Å². The third-order valence-electron chi connectivity index (χ3n) is 4.77. The van der Waals surface area contributed by atoms with Crippen LogP contribution in [0.5, 0.6) is 0 Å². The van der Waals surface area contributed by atoms with Gasteiger partial charge in [0.1, 0.15) is 0 Å². The molecule has 3 aromatic rings. The zero-order chi connectivity index (χ0) is 20.3. The summed E-state index contributed by atoms with van der Waals surface area (Å²) in [6.45, 7) is 1.31. The van der Waals surface area contributed by atoms with E-state index in [2.05, 4.69) is 22.8 Å². The Morgan fingerprint density at radius 1 is 0.897 bits per heavy atom. The van der Waals surface area contributed by atoms with E-state index in [0.29, 0.717) is 13.0 Å². The average Bonchev–Trinajstić information content (AvgIpc) is 2.76. The molecule has 0 spiro atoms. The zero-order valence-corrected chi connectivity index (χ0v) is 16.8. The van der Waals surface area contributed by atoms with Crippen molar-refractivity contribution in [1.82, 2.24) is 5.32 Å². The Balaban J connectivity index is 1.65. The fourth-order valence-electron chi connectivity index (χ4n) is 3.22. The Morgan fingerprint density at radius 2 is 1.55 bits per heavy atom. The van der Waals surface area contributed by atoms with Crippen molar-refractivity contribution >= 4 is 11.6 Å². The largest absolute Gasteiger partial charge is 0.369 e. The molecule has 0 aliphatic carbocycles. The van der Waals surface area contributed by atoms with E-state index < -0.39 is 0 Å². The summed E-state index contributed by atoms with van der Waals surface area (Å²) in [7, 11) is 1.94. The van der Waals surface area contributed by atoms with Crippen LogP contribution < -0.4 is 10.6 Å². The topological polar surface area (TPSA) is 50.4 Å². The number of benzene rings is 3. The second-order valence-corrected chi connectivity index (χ2v) is 6.97. The maximum Gasteiger partial charge on any atom is 0.228 e. The van der Waals surface area contributed by atoms with Crippen LogP contribution in [0.25, 0.3) is 0 Å². The first-order valence-corrected chi connectivity index (χ1v) is 9.99. The highest BCUT2D eigenvalue weighted by Gasteiger charge is 2.13. The zero-order valence-electron chi connectivity index (χ0n) is 16.8. The van der Waals surface area contributed by atoms with Crippen molar-refractivity contribution in [3.63, 3.8) is 0 Å². The van der Waals surface area contributed by atoms with Gasteiger partial charge in [0.2, 0.25) is 5.91 Å². The molecule has 2 N–H and O–H groups in total. The lowest BCUT2D eigenvalue weighted by Gasteiger charge is -2.20. The Hall–Kier alpha value is -2.95. The van der Waals surface area contributed by atoms with Crippen molar-refractivity contribution < 1.29 is 9.53 Å². The van der Waals surface area contributed by atoms with Crippen LogP contribution >= 0.6 is 0 Å². The molecule has 0 aliphatic heterocycles. The smallest absolute Gasteiger partial charge is 0.228 e. The molecule has 4 heteroatoms. The minimum Gasteiger partial charge on any atom is -0.369 e. The summed E-state index contributed by atoms with van der Waals surface area (Å²) < 4.78 is 6.27. The number of nitrogens with one attached hydrogen (secondary N) is 2. The van der Waals surface area contributed by atoms with E-state index in [4.69, 9.17) is 4.74 Å². The van der Waals surface area contributed by atoms with Gasteiger partial charge in [-0.15, -0.1) is 0 Å². The first-order valence-electron chi connectivity index (χ1n) is 9.99. The summed E-state index contributed by atoms with van der Waals surface area (Å²) in [6.07, 6.45) is 1.23. The summed E-state index contributed by atoms with van der Waals surface area (Å²) in [6, 6.07) is 27.8. The molecule has 0 bridgehead atoms. The van der Waals surface area contributed by atoms with Gasteiger partial charge < -0.3 is 15.4 Å². The van der Waals surface area contributed by atoms with Gasteiger partial charge in [0, 0.05) is 11.3 Å². The van der Waals surface area contributed by atoms with Crippen molar-refractivity contribution in [3.05, 3.63) is 102 Å². The Morgan fingerprint density at radius 3 is 2.28 bits per heavy atom. The van der Waals surface area contributed by atoms with Crippen LogP contribution in [0, 0.1) is 0 Å². The number of hydrogen-bond donors (Lipinski definition) is 2. The molecule has 4 nitrogen and oxygen atoms in total. The molecule has 1 unspecified atom stereocenters. The van der Waals surface area contributed by atoms with Gasteiger partial charge >= 0.3 is 0 Å². The van der Waals surface area contributed by atoms with Gasteiger partial charge in [0.05, 0.1) is 19.1 Å². The number of carbonyl (C=O) groups excluding carboxylic acids is 1. The monoisotopic (exact) mass is 388 g/mol. The van der Waals surface area contributed by atoms with Crippen LogP contribution in [0.1, 0.15) is 29.2 Å². The summed E-state index contributed by atoms with van der Waals surface area (Å²) in [5.41, 5.74) is 3.93. The van der Waals surface area contributed by atoms with Crippen LogP contribution in [0.15, 0.2) is 84.9 Å². The van der Waals surface area contributed by atoms with Crippen molar-refractivity contribution in [3.8, 4) is 0 Å². The molecule has 1 amide bonds. The van der Waals surface area contributed by atoms with E-state index in [1.807, 2.05) is 79.8 Å². The number of para-hydroxylation sites is 1. The minimum atomic E-state index is -0.0292. The van der Waals surface area contributed by atoms with Crippen molar-refractivity contribution in [2.24, 2.45) is 0 Å². The second kappa shape index (κ2) is 11.1. The molecule has 3 rings (SSSR count). The highest BCUT2D eigenvalue weighted by atomic mass is 16.5. The van der Waals surface area contributed by atoms with E-state index in [1.54, 1.807) is 0 Å². The molecule has 0 fully saturated rings. The number of amides is 1. The van der Waals surface area contributed by atoms with E-state index in [0.717, 1.165) is 35.3 Å². The van der Waals surface area contributed by atoms with Crippen molar-refractivity contribution in [1.29, 1.82) is 0 Å². The molecule has 0 aromatic heterocycles. The predicted octanol–water partition coefficient (Wildman–Crippen LogP) is 4.74. The third-order valence-corrected chi connectivity index (χ3v) is 4.77. The molecule has 150 valence electrons. The molecule has 0 heterocycles. The van der Waals surface area contributed by atoms with Crippen LogP contribution in [0.4, 0.5) is 5.69 Å². The number of ether oxygens (including phenoxy) is 1. The molecule has 29 heavy (non-hydrogen) atoms. The molecular formula is C25H28N2O2. The van der Waals surface area contributed by atoms with Gasteiger partial charge in [-0.05, 0) is 37.2 Å². The Bertz CT molecular complexity index is 882. The molecule has 1 atom stereocenters. The molecule has 0 radical (unpaired) electrons. The molecular weight excluding hydrogens is 360 g/mol. The lowest BCUT2D eigenvalue weighted by atomic mass is 10.1. The van der Waals surface area contributed by atoms with E-state index in [-0.39, 0.29) is 12.0 Å². The normalized spacial score (nSPS) is 11.8. The first kappa shape index (κ1) is 20.8. The lowest BCUT2D eigenvalue weighted by Crippen LogP contribution is -2.17. The van der Waals surface area contributed by atoms with E-state index in [1.165, 1.54) is 0 Å². The van der Waals surface area contributed by atoms with Crippen molar-refractivity contribution in [2.45, 2.75) is 25.6 Å². The van der Waals surface area contributed by atoms with Gasteiger partial charge in [-0.1, -0.05) is 78.9 Å². The fourth-order valence-corrected chi connectivity index (χ4v) is 3.22. The van der Waals surface area contributed by atoms with E-state index >= 15 is 0 Å². The van der Waals surface area contributed by atoms with Gasteiger partial charge in [-0.3, -0.25) is 4.79 Å². The first-order chi connectivity index (χ1) is 14.3. The van der Waals surface area contributed by atoms with Crippen molar-refractivity contribution in [2.75, 3.05) is 18.9 Å². The Labute approximate surface area is 172 Å². The maximum atomic E-state index is 12.5. The summed E-state index contributed by atoms with van der Waals surface area (Å²) in [4.78, 5) is 12.5. The van der Waals surface area contributed by atoms with E-state index in [9.17, 15) is 4.79 Å². The maximum absolute atomic E-state index is 12.5. The Kier molecular flexibility index (Phi) is 7.99. The van der Waals surface area contributed by atoms with Gasteiger partial charge in [-0.2, -0.15) is 0 Å². The standard InChI is InChI=1S/C25H28N2O2/c1-26-17-16-24(21-12-6-3-7-13-21)29-19-22-14-8-9-15-23(22)27-25(28)18-20-10-4-2-5-11-20/h2-15,24,26H,16-19H2,1H3,(H,27,28). The minimum absolute atomic E-state index is 0.00303. The van der Waals surface area contributed by atoms with Crippen LogP contribution in [0.2, 0.25) is 0 Å². The SMILES string of the molecule is CNCCC(OCc1ccccc1NC(=O)Cc1ccccc1)c1ccccc1. The van der Waals surface area contributed by atoms with Gasteiger partial charge in [0.15, 0.2) is 0 Å². The second-order valence-electron chi connectivity index (χ2n) is 6.97. The average molecular weight is 389 g/mol. The fraction of sp³-hybridized carbons (Fsp3) is 0.240. The summed E-state index contributed by atoms with van der Waals surface area (Å²) in [5.74, 6) is -0.0292. The van der Waals surface area contributed by atoms with Crippen LogP contribution in [0.3, 0.4) is 0 Å². The highest BCUT2D eigenvalue weighted by molar-refractivity contribution is 5.92. The molecule has 0 saturated heterocycles. The van der Waals surface area contributed by atoms with Crippen LogP contribution in [-0.4, -0.2) is 19.5 Å². The van der Waals surface area contributed by atoms with Gasteiger partial charge in [-0.25, -0.2) is 0 Å². The predicted molar refractivity (Wildman–Crippen MR) is 118 cm³/mol. The summed E-state index contributed by atoms with van der Waals surface area (Å²) >= 11 is 0. The summed E-state index contributed by atoms with van der Waals surface area (Å²) in [5, 5.41) is 6.22.